The van der Waals surface area contributed by atoms with Gasteiger partial charge in [0.1, 0.15) is 5.82 Å². The SMILES string of the molecule is O=C(CCNCc1ccc(Cl)c(F)c1)N1CCCC1. The second kappa shape index (κ2) is 6.87. The second-order valence-corrected chi connectivity index (χ2v) is 5.17. The number of halogens is 2. The first-order valence-electron chi connectivity index (χ1n) is 6.59. The summed E-state index contributed by atoms with van der Waals surface area (Å²) in [5.74, 6) is -0.207. The van der Waals surface area contributed by atoms with E-state index in [0.717, 1.165) is 31.5 Å². The zero-order chi connectivity index (χ0) is 13.7. The van der Waals surface area contributed by atoms with Gasteiger partial charge in [0.25, 0.3) is 0 Å². The molecule has 1 N–H and O–H groups in total. The number of nitrogens with one attached hydrogen (secondary N) is 1. The quantitative estimate of drug-likeness (QED) is 0.843. The molecule has 5 heteroatoms. The summed E-state index contributed by atoms with van der Waals surface area (Å²) in [6.07, 6.45) is 2.72. The Labute approximate surface area is 117 Å². The maximum Gasteiger partial charge on any atom is 0.223 e. The van der Waals surface area contributed by atoms with E-state index >= 15 is 0 Å². The van der Waals surface area contributed by atoms with Crippen molar-refractivity contribution < 1.29 is 9.18 Å². The molecule has 0 atom stereocenters. The van der Waals surface area contributed by atoms with Crippen molar-refractivity contribution in [1.29, 1.82) is 0 Å². The van der Waals surface area contributed by atoms with Crippen molar-refractivity contribution in [2.75, 3.05) is 19.6 Å². The average molecular weight is 285 g/mol. The summed E-state index contributed by atoms with van der Waals surface area (Å²) in [5, 5.41) is 3.28. The Hall–Kier alpha value is -1.13. The molecule has 1 heterocycles. The van der Waals surface area contributed by atoms with Crippen molar-refractivity contribution in [3.8, 4) is 0 Å². The molecule has 0 bridgehead atoms. The van der Waals surface area contributed by atoms with E-state index in [1.54, 1.807) is 12.1 Å². The lowest BCUT2D eigenvalue weighted by atomic mass is 10.2. The first kappa shape index (κ1) is 14.3. The van der Waals surface area contributed by atoms with Gasteiger partial charge in [0, 0.05) is 32.6 Å². The zero-order valence-electron chi connectivity index (χ0n) is 10.8. The Morgan fingerprint density at radius 2 is 2.11 bits per heavy atom. The van der Waals surface area contributed by atoms with Crippen molar-refractivity contribution in [2.45, 2.75) is 25.8 Å². The van der Waals surface area contributed by atoms with E-state index in [2.05, 4.69) is 5.32 Å². The molecule has 2 rings (SSSR count). The first-order valence-corrected chi connectivity index (χ1v) is 6.97. The van der Waals surface area contributed by atoms with E-state index < -0.39 is 5.82 Å². The molecule has 1 aromatic carbocycles. The number of benzene rings is 1. The number of amides is 1. The Bertz CT molecular complexity index is 447. The third-order valence-electron chi connectivity index (χ3n) is 3.29. The smallest absolute Gasteiger partial charge is 0.223 e. The van der Waals surface area contributed by atoms with E-state index in [0.29, 0.717) is 19.5 Å². The lowest BCUT2D eigenvalue weighted by Crippen LogP contribution is -2.30. The van der Waals surface area contributed by atoms with Crippen LogP contribution in [0.3, 0.4) is 0 Å². The van der Waals surface area contributed by atoms with Gasteiger partial charge in [-0.25, -0.2) is 4.39 Å². The minimum absolute atomic E-state index is 0.132. The molecular formula is C14H18ClFN2O. The largest absolute Gasteiger partial charge is 0.343 e. The maximum atomic E-state index is 13.2. The van der Waals surface area contributed by atoms with Gasteiger partial charge >= 0.3 is 0 Å². The monoisotopic (exact) mass is 284 g/mol. The van der Waals surface area contributed by atoms with Gasteiger partial charge in [0.05, 0.1) is 5.02 Å². The fraction of sp³-hybridized carbons (Fsp3) is 0.500. The molecule has 19 heavy (non-hydrogen) atoms. The molecule has 1 amide bonds. The summed E-state index contributed by atoms with van der Waals surface area (Å²) in [4.78, 5) is 13.7. The summed E-state index contributed by atoms with van der Waals surface area (Å²) in [6, 6.07) is 4.74. The van der Waals surface area contributed by atoms with Crippen LogP contribution in [0.2, 0.25) is 5.02 Å². The molecule has 0 radical (unpaired) electrons. The molecule has 3 nitrogen and oxygen atoms in total. The standard InChI is InChI=1S/C14H18ClFN2O/c15-12-4-3-11(9-13(12)16)10-17-6-5-14(19)18-7-1-2-8-18/h3-4,9,17H,1-2,5-8,10H2. The number of carbonyl (C=O) groups excluding carboxylic acids is 1. The van der Waals surface area contributed by atoms with Crippen LogP contribution in [0, 0.1) is 5.82 Å². The van der Waals surface area contributed by atoms with Crippen molar-refractivity contribution in [3.05, 3.63) is 34.6 Å². The van der Waals surface area contributed by atoms with E-state index in [9.17, 15) is 9.18 Å². The van der Waals surface area contributed by atoms with Crippen LogP contribution in [0.25, 0.3) is 0 Å². The zero-order valence-corrected chi connectivity index (χ0v) is 11.5. The predicted octanol–water partition coefficient (Wildman–Crippen LogP) is 2.58. The molecule has 104 valence electrons. The number of rotatable bonds is 5. The molecule has 1 aliphatic rings. The lowest BCUT2D eigenvalue weighted by molar-refractivity contribution is -0.130. The fourth-order valence-electron chi connectivity index (χ4n) is 2.20. The van der Waals surface area contributed by atoms with Crippen LogP contribution in [0.5, 0.6) is 0 Å². The summed E-state index contributed by atoms with van der Waals surface area (Å²) in [7, 11) is 0. The van der Waals surface area contributed by atoms with Gasteiger partial charge in [-0.05, 0) is 30.5 Å². The molecule has 0 spiro atoms. The van der Waals surface area contributed by atoms with Crippen molar-refractivity contribution >= 4 is 17.5 Å². The number of hydrogen-bond donors (Lipinski definition) is 1. The normalized spacial score (nSPS) is 14.9. The number of hydrogen-bond acceptors (Lipinski definition) is 2. The van der Waals surface area contributed by atoms with E-state index in [1.165, 1.54) is 6.07 Å². The van der Waals surface area contributed by atoms with Crippen molar-refractivity contribution in [1.82, 2.24) is 10.2 Å². The first-order chi connectivity index (χ1) is 9.16. The van der Waals surface area contributed by atoms with Gasteiger partial charge in [-0.15, -0.1) is 0 Å². The molecule has 1 fully saturated rings. The summed E-state index contributed by atoms with van der Waals surface area (Å²) in [6.45, 7) is 2.93. The van der Waals surface area contributed by atoms with Crippen LogP contribution in [0.4, 0.5) is 4.39 Å². The van der Waals surface area contributed by atoms with Crippen LogP contribution in [-0.2, 0) is 11.3 Å². The topological polar surface area (TPSA) is 32.3 Å². The van der Waals surface area contributed by atoms with Gasteiger partial charge in [0.15, 0.2) is 0 Å². The molecule has 1 aliphatic heterocycles. The average Bonchev–Trinajstić information content (AvgIpc) is 2.92. The molecule has 0 aliphatic carbocycles. The fourth-order valence-corrected chi connectivity index (χ4v) is 2.32. The molecule has 0 unspecified atom stereocenters. The highest BCUT2D eigenvalue weighted by Crippen LogP contribution is 2.15. The predicted molar refractivity (Wildman–Crippen MR) is 73.5 cm³/mol. The van der Waals surface area contributed by atoms with Crippen LogP contribution in [-0.4, -0.2) is 30.4 Å². The molecule has 0 aromatic heterocycles. The van der Waals surface area contributed by atoms with Crippen molar-refractivity contribution in [2.24, 2.45) is 0 Å². The maximum absolute atomic E-state index is 13.2. The van der Waals surface area contributed by atoms with E-state index in [1.807, 2.05) is 4.90 Å². The minimum Gasteiger partial charge on any atom is -0.343 e. The Morgan fingerprint density at radius 3 is 2.79 bits per heavy atom. The van der Waals surface area contributed by atoms with E-state index in [4.69, 9.17) is 11.6 Å². The van der Waals surface area contributed by atoms with Crippen LogP contribution in [0.1, 0.15) is 24.8 Å². The highest BCUT2D eigenvalue weighted by atomic mass is 35.5. The summed E-state index contributed by atoms with van der Waals surface area (Å²) in [5.41, 5.74) is 0.829. The molecule has 1 saturated heterocycles. The van der Waals surface area contributed by atoms with Gasteiger partial charge in [-0.2, -0.15) is 0 Å². The third-order valence-corrected chi connectivity index (χ3v) is 3.59. The van der Waals surface area contributed by atoms with Gasteiger partial charge < -0.3 is 10.2 Å². The van der Waals surface area contributed by atoms with Crippen LogP contribution >= 0.6 is 11.6 Å². The summed E-state index contributed by atoms with van der Waals surface area (Å²) < 4.78 is 13.2. The highest BCUT2D eigenvalue weighted by molar-refractivity contribution is 6.30. The number of nitrogens with zero attached hydrogens (tertiary/aromatic N) is 1. The molecule has 1 aromatic rings. The Morgan fingerprint density at radius 1 is 1.37 bits per heavy atom. The van der Waals surface area contributed by atoms with Crippen molar-refractivity contribution in [3.63, 3.8) is 0 Å². The summed E-state index contributed by atoms with van der Waals surface area (Å²) >= 11 is 5.61. The molecular weight excluding hydrogens is 267 g/mol. The van der Waals surface area contributed by atoms with Crippen LogP contribution in [0.15, 0.2) is 18.2 Å². The molecule has 0 saturated carbocycles. The van der Waals surface area contributed by atoms with Gasteiger partial charge in [0.2, 0.25) is 5.91 Å². The van der Waals surface area contributed by atoms with E-state index in [-0.39, 0.29) is 10.9 Å². The Balaban J connectivity index is 1.68. The highest BCUT2D eigenvalue weighted by Gasteiger charge is 2.16. The van der Waals surface area contributed by atoms with Crippen LogP contribution < -0.4 is 5.32 Å². The number of carbonyl (C=O) groups is 1. The lowest BCUT2D eigenvalue weighted by Gasteiger charge is -2.15. The Kier molecular flexibility index (Phi) is 5.16. The minimum atomic E-state index is -0.408. The number of likely N-dealkylation sites (tertiary alicyclic amines) is 1. The van der Waals surface area contributed by atoms with Gasteiger partial charge in [-0.3, -0.25) is 4.79 Å². The second-order valence-electron chi connectivity index (χ2n) is 4.76. The third kappa shape index (κ3) is 4.18. The van der Waals surface area contributed by atoms with Gasteiger partial charge in [-0.1, -0.05) is 17.7 Å².